The summed E-state index contributed by atoms with van der Waals surface area (Å²) in [6, 6.07) is 12.6. The second-order valence-corrected chi connectivity index (χ2v) is 8.33. The zero-order valence-electron chi connectivity index (χ0n) is 17.2. The van der Waals surface area contributed by atoms with Crippen LogP contribution in [0.3, 0.4) is 0 Å². The van der Waals surface area contributed by atoms with E-state index in [2.05, 4.69) is 10.6 Å². The van der Waals surface area contributed by atoms with Gasteiger partial charge in [-0.15, -0.1) is 0 Å². The molecule has 1 aliphatic rings. The van der Waals surface area contributed by atoms with Crippen molar-refractivity contribution in [3.8, 4) is 5.75 Å². The lowest BCUT2D eigenvalue weighted by molar-refractivity contribution is -0.384. The first-order chi connectivity index (χ1) is 15.0. The summed E-state index contributed by atoms with van der Waals surface area (Å²) < 4.78 is 5.77. The Bertz CT molecular complexity index is 952. The molecule has 2 aromatic carbocycles. The second kappa shape index (κ2) is 10.8. The van der Waals surface area contributed by atoms with Gasteiger partial charge in [0.15, 0.2) is 0 Å². The summed E-state index contributed by atoms with van der Waals surface area (Å²) in [7, 11) is 0. The fourth-order valence-electron chi connectivity index (χ4n) is 3.40. The van der Waals surface area contributed by atoms with Gasteiger partial charge in [0.2, 0.25) is 5.91 Å². The molecule has 3 rings (SSSR count). The van der Waals surface area contributed by atoms with E-state index in [1.165, 1.54) is 24.3 Å². The smallest absolute Gasteiger partial charge is 0.270 e. The fourth-order valence-corrected chi connectivity index (χ4v) is 3.87. The molecule has 9 heteroatoms. The Kier molecular flexibility index (Phi) is 7.88. The molecule has 164 valence electrons. The van der Waals surface area contributed by atoms with Gasteiger partial charge < -0.3 is 15.4 Å². The Morgan fingerprint density at radius 2 is 2.06 bits per heavy atom. The van der Waals surface area contributed by atoms with E-state index in [1.54, 1.807) is 11.8 Å². The highest BCUT2D eigenvalue weighted by atomic mass is 32.2. The van der Waals surface area contributed by atoms with Gasteiger partial charge in [0, 0.05) is 30.2 Å². The maximum absolute atomic E-state index is 12.8. The van der Waals surface area contributed by atoms with Crippen molar-refractivity contribution < 1.29 is 19.2 Å². The number of para-hydroxylation sites is 1. The maximum atomic E-state index is 12.8. The molecule has 2 N–H and O–H groups in total. The van der Waals surface area contributed by atoms with Crippen molar-refractivity contribution >= 4 is 29.3 Å². The molecule has 0 fully saturated rings. The summed E-state index contributed by atoms with van der Waals surface area (Å²) in [6.07, 6.45) is 3.19. The SMILES string of the molecule is CSCCC(NC(=O)c1cccc([N+](=O)[O-])c1)C(=O)NCC1COc2ccccc2C1. The molecular formula is C22H25N3O5S. The average molecular weight is 444 g/mol. The lowest BCUT2D eigenvalue weighted by atomic mass is 9.96. The van der Waals surface area contributed by atoms with Gasteiger partial charge in [0.05, 0.1) is 11.5 Å². The minimum absolute atomic E-state index is 0.146. The molecule has 0 radical (unpaired) electrons. The summed E-state index contributed by atoms with van der Waals surface area (Å²) in [5, 5.41) is 16.6. The Hall–Kier alpha value is -3.07. The average Bonchev–Trinajstić information content (AvgIpc) is 2.79. The molecule has 2 aromatic rings. The van der Waals surface area contributed by atoms with E-state index in [9.17, 15) is 19.7 Å². The monoisotopic (exact) mass is 443 g/mol. The number of nitro groups is 1. The summed E-state index contributed by atoms with van der Waals surface area (Å²) in [5.41, 5.74) is 1.09. The molecule has 0 saturated heterocycles. The number of carbonyl (C=O) groups is 2. The minimum atomic E-state index is -0.726. The van der Waals surface area contributed by atoms with Gasteiger partial charge in [-0.1, -0.05) is 24.3 Å². The molecule has 31 heavy (non-hydrogen) atoms. The second-order valence-electron chi connectivity index (χ2n) is 7.35. The van der Waals surface area contributed by atoms with Gasteiger partial charge in [0.1, 0.15) is 11.8 Å². The number of amides is 2. The molecule has 1 heterocycles. The van der Waals surface area contributed by atoms with Crippen LogP contribution in [0.4, 0.5) is 5.69 Å². The van der Waals surface area contributed by atoms with Crippen LogP contribution in [0.25, 0.3) is 0 Å². The molecule has 8 nitrogen and oxygen atoms in total. The summed E-state index contributed by atoms with van der Waals surface area (Å²) in [4.78, 5) is 35.8. The van der Waals surface area contributed by atoms with E-state index < -0.39 is 16.9 Å². The number of benzene rings is 2. The van der Waals surface area contributed by atoms with Crippen LogP contribution in [0.2, 0.25) is 0 Å². The molecule has 0 bridgehead atoms. The number of nitro benzene ring substituents is 1. The first-order valence-corrected chi connectivity index (χ1v) is 11.4. The van der Waals surface area contributed by atoms with E-state index in [4.69, 9.17) is 4.74 Å². The Labute approximate surface area is 184 Å². The molecule has 2 amide bonds. The first-order valence-electron chi connectivity index (χ1n) is 10.0. The van der Waals surface area contributed by atoms with E-state index >= 15 is 0 Å². The normalized spacial score (nSPS) is 15.8. The topological polar surface area (TPSA) is 111 Å². The number of hydrogen-bond acceptors (Lipinski definition) is 6. The molecule has 0 aromatic heterocycles. The van der Waals surface area contributed by atoms with Gasteiger partial charge in [-0.05, 0) is 42.5 Å². The van der Waals surface area contributed by atoms with Crippen LogP contribution in [-0.4, -0.2) is 47.9 Å². The van der Waals surface area contributed by atoms with Gasteiger partial charge in [0.25, 0.3) is 11.6 Å². The molecule has 0 spiro atoms. The molecule has 2 unspecified atom stereocenters. The summed E-state index contributed by atoms with van der Waals surface area (Å²) in [6.45, 7) is 0.961. The minimum Gasteiger partial charge on any atom is -0.493 e. The molecule has 0 aliphatic carbocycles. The molecule has 2 atom stereocenters. The fraction of sp³-hybridized carbons (Fsp3) is 0.364. The number of hydrogen-bond donors (Lipinski definition) is 2. The quantitative estimate of drug-likeness (QED) is 0.455. The maximum Gasteiger partial charge on any atom is 0.270 e. The van der Waals surface area contributed by atoms with Gasteiger partial charge in [-0.2, -0.15) is 11.8 Å². The van der Waals surface area contributed by atoms with Crippen molar-refractivity contribution in [2.24, 2.45) is 5.92 Å². The van der Waals surface area contributed by atoms with Crippen molar-refractivity contribution in [3.63, 3.8) is 0 Å². The van der Waals surface area contributed by atoms with E-state index in [1.807, 2.05) is 30.5 Å². The third-order valence-electron chi connectivity index (χ3n) is 5.07. The van der Waals surface area contributed by atoms with Crippen LogP contribution < -0.4 is 15.4 Å². The highest BCUT2D eigenvalue weighted by Gasteiger charge is 2.24. The standard InChI is InChI=1S/C22H25N3O5S/c1-31-10-9-19(24-21(26)17-6-4-7-18(12-17)25(28)29)22(27)23-13-15-11-16-5-2-3-8-20(16)30-14-15/h2-8,12,15,19H,9-11,13-14H2,1H3,(H,23,27)(H,24,26). The van der Waals surface area contributed by atoms with Gasteiger partial charge >= 0.3 is 0 Å². The van der Waals surface area contributed by atoms with Crippen LogP contribution in [-0.2, 0) is 11.2 Å². The predicted molar refractivity (Wildman–Crippen MR) is 119 cm³/mol. The van der Waals surface area contributed by atoms with Crippen LogP contribution in [0, 0.1) is 16.0 Å². The molecular weight excluding hydrogens is 418 g/mol. The summed E-state index contributed by atoms with van der Waals surface area (Å²) >= 11 is 1.57. The molecule has 1 aliphatic heterocycles. The number of nitrogens with zero attached hydrogens (tertiary/aromatic N) is 1. The third kappa shape index (κ3) is 6.21. The lowest BCUT2D eigenvalue weighted by Crippen LogP contribution is -2.48. The zero-order valence-corrected chi connectivity index (χ0v) is 18.0. The highest BCUT2D eigenvalue weighted by molar-refractivity contribution is 7.98. The van der Waals surface area contributed by atoms with E-state index in [0.717, 1.165) is 17.7 Å². The highest BCUT2D eigenvalue weighted by Crippen LogP contribution is 2.26. The van der Waals surface area contributed by atoms with Gasteiger partial charge in [-0.3, -0.25) is 19.7 Å². The van der Waals surface area contributed by atoms with Crippen LogP contribution in [0.1, 0.15) is 22.3 Å². The Balaban J connectivity index is 1.59. The number of rotatable bonds is 9. The summed E-state index contributed by atoms with van der Waals surface area (Å²) in [5.74, 6) is 0.930. The lowest BCUT2D eigenvalue weighted by Gasteiger charge is -2.26. The number of ether oxygens (including phenoxy) is 1. The zero-order chi connectivity index (χ0) is 22.2. The van der Waals surface area contributed by atoms with Crippen LogP contribution >= 0.6 is 11.8 Å². The Morgan fingerprint density at radius 3 is 2.84 bits per heavy atom. The number of non-ortho nitro benzene ring substituents is 1. The van der Waals surface area contributed by atoms with E-state index in [-0.39, 0.29) is 23.1 Å². The van der Waals surface area contributed by atoms with Crippen molar-refractivity contribution in [3.05, 3.63) is 69.8 Å². The van der Waals surface area contributed by atoms with E-state index in [0.29, 0.717) is 25.3 Å². The predicted octanol–water partition coefficient (Wildman–Crippen LogP) is 2.81. The van der Waals surface area contributed by atoms with Crippen molar-refractivity contribution in [1.82, 2.24) is 10.6 Å². The number of fused-ring (bicyclic) bond motifs is 1. The van der Waals surface area contributed by atoms with Crippen molar-refractivity contribution in [1.29, 1.82) is 0 Å². The van der Waals surface area contributed by atoms with Gasteiger partial charge in [-0.25, -0.2) is 0 Å². The first kappa shape index (κ1) is 22.6. The Morgan fingerprint density at radius 1 is 1.26 bits per heavy atom. The molecule has 0 saturated carbocycles. The number of nitrogens with one attached hydrogen (secondary N) is 2. The third-order valence-corrected chi connectivity index (χ3v) is 5.72. The van der Waals surface area contributed by atoms with Crippen molar-refractivity contribution in [2.75, 3.05) is 25.2 Å². The van der Waals surface area contributed by atoms with Crippen LogP contribution in [0.5, 0.6) is 5.75 Å². The number of thioether (sulfide) groups is 1. The van der Waals surface area contributed by atoms with Crippen molar-refractivity contribution in [2.45, 2.75) is 18.9 Å². The number of carbonyl (C=O) groups excluding carboxylic acids is 2. The van der Waals surface area contributed by atoms with Crippen LogP contribution in [0.15, 0.2) is 48.5 Å². The largest absolute Gasteiger partial charge is 0.493 e.